The fourth-order valence-corrected chi connectivity index (χ4v) is 2.05. The zero-order valence-electron chi connectivity index (χ0n) is 9.99. The minimum atomic E-state index is -0.264. The minimum absolute atomic E-state index is 0.264. The summed E-state index contributed by atoms with van der Waals surface area (Å²) >= 11 is 11.7. The molecule has 0 bridgehead atoms. The third-order valence-electron chi connectivity index (χ3n) is 2.64. The van der Waals surface area contributed by atoms with Crippen molar-refractivity contribution in [3.05, 3.63) is 63.6 Å². The van der Waals surface area contributed by atoms with Gasteiger partial charge >= 0.3 is 0 Å². The first kappa shape index (κ1) is 13.7. The van der Waals surface area contributed by atoms with Crippen molar-refractivity contribution in [3.63, 3.8) is 0 Å². The number of carbonyl (C=O) groups is 1. The zero-order valence-corrected chi connectivity index (χ0v) is 11.5. The first-order valence-electron chi connectivity index (χ1n) is 5.64. The first-order chi connectivity index (χ1) is 9.08. The molecule has 0 radical (unpaired) electrons. The number of halogens is 2. The topological polar surface area (TPSA) is 55.1 Å². The quantitative estimate of drug-likeness (QED) is 0.851. The minimum Gasteiger partial charge on any atom is -0.397 e. The maximum absolute atomic E-state index is 12.0. The molecule has 0 unspecified atom stereocenters. The highest BCUT2D eigenvalue weighted by Crippen LogP contribution is 2.22. The number of hydrogen-bond acceptors (Lipinski definition) is 2. The summed E-state index contributed by atoms with van der Waals surface area (Å²) in [5.41, 5.74) is 7.34. The summed E-state index contributed by atoms with van der Waals surface area (Å²) < 4.78 is 0. The predicted octanol–water partition coefficient (Wildman–Crippen LogP) is 3.51. The van der Waals surface area contributed by atoms with E-state index >= 15 is 0 Å². The lowest BCUT2D eigenvalue weighted by Gasteiger charge is -2.08. The van der Waals surface area contributed by atoms with E-state index in [9.17, 15) is 4.79 Å². The largest absolute Gasteiger partial charge is 0.397 e. The molecular weight excluding hydrogens is 283 g/mol. The van der Waals surface area contributed by atoms with Gasteiger partial charge in [-0.2, -0.15) is 0 Å². The second kappa shape index (κ2) is 5.95. The molecule has 2 aromatic carbocycles. The van der Waals surface area contributed by atoms with Crippen molar-refractivity contribution in [1.82, 2.24) is 5.32 Å². The highest BCUT2D eigenvalue weighted by Gasteiger charge is 2.11. The lowest BCUT2D eigenvalue weighted by Crippen LogP contribution is -2.23. The van der Waals surface area contributed by atoms with Crippen LogP contribution in [0.1, 0.15) is 15.9 Å². The van der Waals surface area contributed by atoms with Gasteiger partial charge in [0, 0.05) is 11.6 Å². The van der Waals surface area contributed by atoms with Gasteiger partial charge in [0.25, 0.3) is 5.91 Å². The van der Waals surface area contributed by atoms with Gasteiger partial charge in [-0.3, -0.25) is 4.79 Å². The summed E-state index contributed by atoms with van der Waals surface area (Å²) in [6, 6.07) is 12.3. The molecule has 0 heterocycles. The van der Waals surface area contributed by atoms with Crippen molar-refractivity contribution in [2.45, 2.75) is 6.54 Å². The van der Waals surface area contributed by atoms with Crippen LogP contribution in [0.3, 0.4) is 0 Å². The van der Waals surface area contributed by atoms with E-state index in [-0.39, 0.29) is 11.6 Å². The average Bonchev–Trinajstić information content (AvgIpc) is 2.39. The number of carbonyl (C=O) groups excluding carboxylic acids is 1. The van der Waals surface area contributed by atoms with Crippen molar-refractivity contribution >= 4 is 34.8 Å². The van der Waals surface area contributed by atoms with Crippen LogP contribution in [0, 0.1) is 0 Å². The van der Waals surface area contributed by atoms with Gasteiger partial charge in [-0.1, -0.05) is 41.4 Å². The van der Waals surface area contributed by atoms with E-state index in [2.05, 4.69) is 5.32 Å². The molecule has 3 N–H and O–H groups in total. The number of benzene rings is 2. The number of nitrogens with two attached hydrogens (primary N) is 1. The van der Waals surface area contributed by atoms with Crippen LogP contribution < -0.4 is 11.1 Å². The highest BCUT2D eigenvalue weighted by atomic mass is 35.5. The predicted molar refractivity (Wildman–Crippen MR) is 78.5 cm³/mol. The van der Waals surface area contributed by atoms with Crippen molar-refractivity contribution in [3.8, 4) is 0 Å². The maximum Gasteiger partial charge on any atom is 0.253 e. The zero-order chi connectivity index (χ0) is 13.8. The number of anilines is 1. The van der Waals surface area contributed by atoms with E-state index < -0.39 is 0 Å². The Morgan fingerprint density at radius 1 is 1.16 bits per heavy atom. The van der Waals surface area contributed by atoms with Gasteiger partial charge in [-0.05, 0) is 29.8 Å². The Morgan fingerprint density at radius 3 is 2.63 bits per heavy atom. The van der Waals surface area contributed by atoms with E-state index in [0.717, 1.165) is 5.56 Å². The molecule has 1 amide bonds. The molecule has 19 heavy (non-hydrogen) atoms. The van der Waals surface area contributed by atoms with Crippen LogP contribution in [0.2, 0.25) is 10.0 Å². The molecule has 0 spiro atoms. The Morgan fingerprint density at radius 2 is 1.89 bits per heavy atom. The molecule has 0 saturated heterocycles. The molecule has 2 aromatic rings. The number of hydrogen-bond donors (Lipinski definition) is 2. The second-order valence-corrected chi connectivity index (χ2v) is 4.86. The van der Waals surface area contributed by atoms with E-state index in [0.29, 0.717) is 22.2 Å². The molecule has 0 atom stereocenters. The molecule has 2 rings (SSSR count). The van der Waals surface area contributed by atoms with Crippen LogP contribution in [0.4, 0.5) is 5.69 Å². The van der Waals surface area contributed by atoms with Crippen LogP contribution >= 0.6 is 23.2 Å². The fraction of sp³-hybridized carbons (Fsp3) is 0.0714. The SMILES string of the molecule is Nc1c(Cl)cccc1C(=O)NCc1cccc(Cl)c1. The van der Waals surface area contributed by atoms with Crippen LogP contribution in [-0.2, 0) is 6.54 Å². The molecule has 98 valence electrons. The first-order valence-corrected chi connectivity index (χ1v) is 6.40. The molecule has 0 fully saturated rings. The number of nitrogen functional groups attached to an aromatic ring is 1. The van der Waals surface area contributed by atoms with Crippen molar-refractivity contribution in [2.75, 3.05) is 5.73 Å². The lowest BCUT2D eigenvalue weighted by atomic mass is 10.1. The molecular formula is C14H12Cl2N2O. The molecule has 0 aliphatic heterocycles. The normalized spacial score (nSPS) is 10.2. The fourth-order valence-electron chi connectivity index (χ4n) is 1.66. The Hall–Kier alpha value is -1.71. The van der Waals surface area contributed by atoms with Crippen molar-refractivity contribution in [2.24, 2.45) is 0 Å². The number of rotatable bonds is 3. The highest BCUT2D eigenvalue weighted by molar-refractivity contribution is 6.34. The van der Waals surface area contributed by atoms with Crippen LogP contribution in [0.5, 0.6) is 0 Å². The summed E-state index contributed by atoms with van der Waals surface area (Å²) in [4.78, 5) is 12.0. The second-order valence-electron chi connectivity index (χ2n) is 4.01. The summed E-state index contributed by atoms with van der Waals surface area (Å²) in [6.45, 7) is 0.380. The van der Waals surface area contributed by atoms with E-state index in [1.54, 1.807) is 30.3 Å². The van der Waals surface area contributed by atoms with Crippen LogP contribution in [0.15, 0.2) is 42.5 Å². The van der Waals surface area contributed by atoms with E-state index in [4.69, 9.17) is 28.9 Å². The average molecular weight is 295 g/mol. The van der Waals surface area contributed by atoms with Gasteiger partial charge in [0.1, 0.15) is 0 Å². The molecule has 0 aliphatic carbocycles. The Kier molecular flexibility index (Phi) is 4.30. The van der Waals surface area contributed by atoms with Crippen LogP contribution in [-0.4, -0.2) is 5.91 Å². The monoisotopic (exact) mass is 294 g/mol. The molecule has 5 heteroatoms. The molecule has 0 saturated carbocycles. The van der Waals surface area contributed by atoms with Gasteiger partial charge in [-0.25, -0.2) is 0 Å². The summed E-state index contributed by atoms with van der Waals surface area (Å²) in [5.74, 6) is -0.264. The number of amides is 1. The summed E-state index contributed by atoms with van der Waals surface area (Å²) in [7, 11) is 0. The van der Waals surface area contributed by atoms with Crippen molar-refractivity contribution in [1.29, 1.82) is 0 Å². The number of nitrogens with one attached hydrogen (secondary N) is 1. The van der Waals surface area contributed by atoms with E-state index in [1.165, 1.54) is 0 Å². The molecule has 0 aromatic heterocycles. The number of para-hydroxylation sites is 1. The third kappa shape index (κ3) is 3.40. The van der Waals surface area contributed by atoms with Gasteiger partial charge in [0.05, 0.1) is 16.3 Å². The lowest BCUT2D eigenvalue weighted by molar-refractivity contribution is 0.0952. The summed E-state index contributed by atoms with van der Waals surface area (Å²) in [5, 5.41) is 3.78. The van der Waals surface area contributed by atoms with E-state index in [1.807, 2.05) is 12.1 Å². The maximum atomic E-state index is 12.0. The smallest absolute Gasteiger partial charge is 0.253 e. The van der Waals surface area contributed by atoms with Crippen LogP contribution in [0.25, 0.3) is 0 Å². The standard InChI is InChI=1S/C14H12Cl2N2O/c15-10-4-1-3-9(7-10)8-18-14(19)11-5-2-6-12(16)13(11)17/h1-7H,8,17H2,(H,18,19). The third-order valence-corrected chi connectivity index (χ3v) is 3.20. The van der Waals surface area contributed by atoms with Gasteiger partial charge in [-0.15, -0.1) is 0 Å². The Balaban J connectivity index is 2.08. The summed E-state index contributed by atoms with van der Waals surface area (Å²) in [6.07, 6.45) is 0. The molecule has 3 nitrogen and oxygen atoms in total. The Bertz CT molecular complexity index is 614. The Labute approximate surface area is 121 Å². The van der Waals surface area contributed by atoms with Gasteiger partial charge < -0.3 is 11.1 Å². The molecule has 0 aliphatic rings. The van der Waals surface area contributed by atoms with Gasteiger partial charge in [0.15, 0.2) is 0 Å². The van der Waals surface area contributed by atoms with Crippen molar-refractivity contribution < 1.29 is 4.79 Å². The van der Waals surface area contributed by atoms with Gasteiger partial charge in [0.2, 0.25) is 0 Å².